The summed E-state index contributed by atoms with van der Waals surface area (Å²) in [6.07, 6.45) is 6.68. The first kappa shape index (κ1) is 11.7. The van der Waals surface area contributed by atoms with Crippen molar-refractivity contribution in [3.63, 3.8) is 0 Å². The molecule has 1 aliphatic carbocycles. The summed E-state index contributed by atoms with van der Waals surface area (Å²) in [5.41, 5.74) is 6.12. The molecule has 92 valence electrons. The third-order valence-electron chi connectivity index (χ3n) is 3.92. The maximum absolute atomic E-state index is 11.1. The molecule has 1 amide bonds. The van der Waals surface area contributed by atoms with Crippen molar-refractivity contribution >= 4 is 6.09 Å². The summed E-state index contributed by atoms with van der Waals surface area (Å²) in [6.45, 7) is 0.702. The van der Waals surface area contributed by atoms with E-state index in [1.807, 2.05) is 0 Å². The van der Waals surface area contributed by atoms with Gasteiger partial charge < -0.3 is 15.9 Å². The first-order valence-corrected chi connectivity index (χ1v) is 6.07. The van der Waals surface area contributed by atoms with Crippen LogP contribution in [0.15, 0.2) is 0 Å². The fourth-order valence-electron chi connectivity index (χ4n) is 2.83. The fourth-order valence-corrected chi connectivity index (χ4v) is 2.83. The molecule has 2 rings (SSSR count). The maximum Gasteiger partial charge on any atom is 0.427 e. The summed E-state index contributed by atoms with van der Waals surface area (Å²) in [5.74, 6) is 0. The number of hydrogen-bond donors (Lipinski definition) is 2. The third-order valence-corrected chi connectivity index (χ3v) is 3.92. The van der Waals surface area contributed by atoms with Crippen LogP contribution >= 0.6 is 0 Å². The standard InChI is InChI=1S/C11H21N3O2/c1-14-9(13-10(15)16-14)7-11(8-12)5-3-2-4-6-11/h9H,2-8,12H2,1H3,(H,13,15). The molecule has 3 N–H and O–H groups in total. The summed E-state index contributed by atoms with van der Waals surface area (Å²) in [6, 6.07) is 0. The topological polar surface area (TPSA) is 67.6 Å². The third kappa shape index (κ3) is 2.30. The molecule has 1 heterocycles. The zero-order chi connectivity index (χ0) is 11.6. The van der Waals surface area contributed by atoms with Gasteiger partial charge >= 0.3 is 6.09 Å². The highest BCUT2D eigenvalue weighted by Gasteiger charge is 2.38. The molecule has 5 heteroatoms. The highest BCUT2D eigenvalue weighted by molar-refractivity contribution is 5.68. The number of carbonyl (C=O) groups is 1. The maximum atomic E-state index is 11.1. The number of nitrogens with zero attached hydrogens (tertiary/aromatic N) is 1. The second-order valence-corrected chi connectivity index (χ2v) is 5.05. The van der Waals surface area contributed by atoms with Crippen molar-refractivity contribution in [3.8, 4) is 0 Å². The SMILES string of the molecule is CN1OC(=O)NC1CC1(CN)CCCCC1. The van der Waals surface area contributed by atoms with Crippen molar-refractivity contribution < 1.29 is 9.63 Å². The molecule has 0 bridgehead atoms. The first-order chi connectivity index (χ1) is 7.65. The minimum atomic E-state index is -0.351. The van der Waals surface area contributed by atoms with Crippen LogP contribution in [0.5, 0.6) is 0 Å². The molecule has 0 aromatic heterocycles. The van der Waals surface area contributed by atoms with Gasteiger partial charge in [-0.1, -0.05) is 19.3 Å². The Bertz CT molecular complexity index is 264. The Morgan fingerprint density at radius 2 is 2.19 bits per heavy atom. The smallest absolute Gasteiger partial charge is 0.349 e. The van der Waals surface area contributed by atoms with Crippen LogP contribution < -0.4 is 11.1 Å². The van der Waals surface area contributed by atoms with E-state index >= 15 is 0 Å². The predicted octanol–water partition coefficient (Wildman–Crippen LogP) is 1.20. The molecular weight excluding hydrogens is 206 g/mol. The van der Waals surface area contributed by atoms with Crippen LogP contribution in [0.4, 0.5) is 4.79 Å². The number of rotatable bonds is 3. The van der Waals surface area contributed by atoms with Crippen molar-refractivity contribution in [1.29, 1.82) is 0 Å². The van der Waals surface area contributed by atoms with E-state index in [0.717, 1.165) is 6.42 Å². The highest BCUT2D eigenvalue weighted by atomic mass is 16.7. The summed E-state index contributed by atoms with van der Waals surface area (Å²) < 4.78 is 0. The predicted molar refractivity (Wildman–Crippen MR) is 60.4 cm³/mol. The largest absolute Gasteiger partial charge is 0.427 e. The molecule has 1 saturated carbocycles. The minimum Gasteiger partial charge on any atom is -0.349 e. The van der Waals surface area contributed by atoms with Gasteiger partial charge in [-0.15, -0.1) is 5.06 Å². The summed E-state index contributed by atoms with van der Waals surface area (Å²) >= 11 is 0. The lowest BCUT2D eigenvalue weighted by Gasteiger charge is -2.38. The zero-order valence-corrected chi connectivity index (χ0v) is 9.87. The number of nitrogens with two attached hydrogens (primary N) is 1. The molecule has 0 aromatic carbocycles. The van der Waals surface area contributed by atoms with Gasteiger partial charge in [0.05, 0.1) is 0 Å². The van der Waals surface area contributed by atoms with Gasteiger partial charge in [-0.2, -0.15) is 0 Å². The molecule has 0 spiro atoms. The lowest BCUT2D eigenvalue weighted by atomic mass is 9.71. The van der Waals surface area contributed by atoms with Gasteiger partial charge in [0.15, 0.2) is 0 Å². The van der Waals surface area contributed by atoms with Crippen LogP contribution in [0.3, 0.4) is 0 Å². The van der Waals surface area contributed by atoms with Crippen LogP contribution in [0.2, 0.25) is 0 Å². The Morgan fingerprint density at radius 1 is 1.50 bits per heavy atom. The second kappa shape index (κ2) is 4.59. The summed E-state index contributed by atoms with van der Waals surface area (Å²) in [4.78, 5) is 16.0. The van der Waals surface area contributed by atoms with E-state index in [1.54, 1.807) is 12.1 Å². The molecular formula is C11H21N3O2. The average molecular weight is 227 g/mol. The van der Waals surface area contributed by atoms with Crippen LogP contribution in [-0.2, 0) is 4.84 Å². The van der Waals surface area contributed by atoms with Crippen molar-refractivity contribution in [3.05, 3.63) is 0 Å². The van der Waals surface area contributed by atoms with E-state index in [2.05, 4.69) is 5.32 Å². The molecule has 1 saturated heterocycles. The molecule has 16 heavy (non-hydrogen) atoms. The quantitative estimate of drug-likeness (QED) is 0.760. The Hall–Kier alpha value is -0.810. The van der Waals surface area contributed by atoms with E-state index in [0.29, 0.717) is 6.54 Å². The Kier molecular flexibility index (Phi) is 3.35. The van der Waals surface area contributed by atoms with Gasteiger partial charge in [0, 0.05) is 7.05 Å². The zero-order valence-electron chi connectivity index (χ0n) is 9.87. The average Bonchev–Trinajstić information content (AvgIpc) is 2.59. The van der Waals surface area contributed by atoms with Crippen molar-refractivity contribution in [2.45, 2.75) is 44.7 Å². The number of hydrogen-bond acceptors (Lipinski definition) is 4. The number of hydroxylamine groups is 2. The van der Waals surface area contributed by atoms with E-state index in [-0.39, 0.29) is 17.7 Å². The number of nitrogens with one attached hydrogen (secondary N) is 1. The Labute approximate surface area is 96.3 Å². The van der Waals surface area contributed by atoms with E-state index in [1.165, 1.54) is 32.1 Å². The van der Waals surface area contributed by atoms with Gasteiger partial charge in [0.1, 0.15) is 6.17 Å². The van der Waals surface area contributed by atoms with E-state index in [9.17, 15) is 4.79 Å². The first-order valence-electron chi connectivity index (χ1n) is 6.07. The van der Waals surface area contributed by atoms with Gasteiger partial charge in [-0.25, -0.2) is 4.79 Å². The summed E-state index contributed by atoms with van der Waals surface area (Å²) in [5, 5.41) is 4.42. The van der Waals surface area contributed by atoms with Gasteiger partial charge in [0.2, 0.25) is 0 Å². The molecule has 0 aromatic rings. The minimum absolute atomic E-state index is 0.0193. The van der Waals surface area contributed by atoms with E-state index in [4.69, 9.17) is 10.6 Å². The van der Waals surface area contributed by atoms with Crippen LogP contribution in [0.25, 0.3) is 0 Å². The molecule has 2 fully saturated rings. The van der Waals surface area contributed by atoms with E-state index < -0.39 is 0 Å². The number of carbonyl (C=O) groups excluding carboxylic acids is 1. The normalized spacial score (nSPS) is 29.9. The summed E-state index contributed by atoms with van der Waals surface area (Å²) in [7, 11) is 1.79. The monoisotopic (exact) mass is 227 g/mol. The fraction of sp³-hybridized carbons (Fsp3) is 0.909. The van der Waals surface area contributed by atoms with Crippen molar-refractivity contribution in [2.75, 3.05) is 13.6 Å². The second-order valence-electron chi connectivity index (χ2n) is 5.05. The molecule has 1 unspecified atom stereocenters. The van der Waals surface area contributed by atoms with Crippen molar-refractivity contribution in [1.82, 2.24) is 10.4 Å². The van der Waals surface area contributed by atoms with Crippen LogP contribution in [0.1, 0.15) is 38.5 Å². The number of amides is 1. The lowest BCUT2D eigenvalue weighted by molar-refractivity contribution is -0.0784. The van der Waals surface area contributed by atoms with Crippen molar-refractivity contribution in [2.24, 2.45) is 11.1 Å². The molecule has 0 radical (unpaired) electrons. The molecule has 1 aliphatic heterocycles. The Balaban J connectivity index is 1.98. The Morgan fingerprint density at radius 3 is 2.69 bits per heavy atom. The van der Waals surface area contributed by atoms with Crippen LogP contribution in [0, 0.1) is 5.41 Å². The van der Waals surface area contributed by atoms with Gasteiger partial charge in [-0.3, -0.25) is 0 Å². The molecule has 1 atom stereocenters. The highest BCUT2D eigenvalue weighted by Crippen LogP contribution is 2.40. The molecule has 5 nitrogen and oxygen atoms in total. The lowest BCUT2D eigenvalue weighted by Crippen LogP contribution is -2.43. The van der Waals surface area contributed by atoms with Gasteiger partial charge in [-0.05, 0) is 31.2 Å². The van der Waals surface area contributed by atoms with Crippen LogP contribution in [-0.4, -0.2) is 30.9 Å². The molecule has 2 aliphatic rings. The van der Waals surface area contributed by atoms with Gasteiger partial charge in [0.25, 0.3) is 0 Å².